The van der Waals surface area contributed by atoms with Gasteiger partial charge in [-0.15, -0.1) is 0 Å². The molecule has 1 amide bonds. The van der Waals surface area contributed by atoms with Crippen LogP contribution in [0.1, 0.15) is 17.2 Å². The van der Waals surface area contributed by atoms with E-state index in [2.05, 4.69) is 5.32 Å². The number of rotatable bonds is 3. The van der Waals surface area contributed by atoms with Crippen molar-refractivity contribution in [1.82, 2.24) is 5.32 Å². The Morgan fingerprint density at radius 2 is 2.13 bits per heavy atom. The average molecular weight is 331 g/mol. The Labute approximate surface area is 137 Å². The fraction of sp³-hybridized carbons (Fsp3) is 0.176. The highest BCUT2D eigenvalue weighted by atomic mass is 35.5. The number of hydrogen-bond acceptors (Lipinski definition) is 3. The summed E-state index contributed by atoms with van der Waals surface area (Å²) in [6.45, 7) is 0. The van der Waals surface area contributed by atoms with Gasteiger partial charge in [0.1, 0.15) is 17.6 Å². The second-order valence-corrected chi connectivity index (χ2v) is 5.53. The molecule has 0 saturated carbocycles. The molecule has 0 aliphatic carbocycles. The summed E-state index contributed by atoms with van der Waals surface area (Å²) in [4.78, 5) is 12.3. The Morgan fingerprint density at radius 1 is 1.35 bits per heavy atom. The largest absolute Gasteiger partial charge is 0.480 e. The number of carbonyl (C=O) groups excluding carboxylic acids is 1. The molecular formula is C17H12ClFN2O2. The van der Waals surface area contributed by atoms with E-state index in [1.54, 1.807) is 6.07 Å². The van der Waals surface area contributed by atoms with Crippen LogP contribution in [0.2, 0.25) is 5.02 Å². The number of nitrogens with one attached hydrogen (secondary N) is 1. The van der Waals surface area contributed by atoms with Crippen LogP contribution in [0.3, 0.4) is 0 Å². The molecule has 3 rings (SSSR count). The molecule has 4 nitrogen and oxygen atoms in total. The Balaban J connectivity index is 1.76. The van der Waals surface area contributed by atoms with Crippen LogP contribution in [-0.4, -0.2) is 12.0 Å². The summed E-state index contributed by atoms with van der Waals surface area (Å²) >= 11 is 5.95. The minimum absolute atomic E-state index is 0.0412. The maximum Gasteiger partial charge on any atom is 0.262 e. The molecule has 2 aromatic carbocycles. The second-order valence-electron chi connectivity index (χ2n) is 5.12. The number of carbonyl (C=O) groups is 1. The number of benzene rings is 2. The Hall–Kier alpha value is -2.58. The first-order valence-corrected chi connectivity index (χ1v) is 7.36. The number of ether oxygens (including phenoxy) is 1. The summed E-state index contributed by atoms with van der Waals surface area (Å²) in [5.41, 5.74) is 0.880. The molecular weight excluding hydrogens is 319 g/mol. The standard InChI is InChI=1S/C17H12ClFN2O2/c18-11-5-3-6-12(19)16(11)13(9-20)21-17(22)15-8-10-4-1-2-7-14(10)23-15/h1-7,13,15H,8H2,(H,21,22)/t13-,15+/m0/s1. The summed E-state index contributed by atoms with van der Waals surface area (Å²) in [6, 6.07) is 12.1. The third-order valence-corrected chi connectivity index (χ3v) is 3.97. The maximum absolute atomic E-state index is 13.9. The van der Waals surface area contributed by atoms with Crippen molar-refractivity contribution in [3.8, 4) is 11.8 Å². The quantitative estimate of drug-likeness (QED) is 0.940. The van der Waals surface area contributed by atoms with Gasteiger partial charge in [-0.25, -0.2) is 4.39 Å². The predicted octanol–water partition coefficient (Wildman–Crippen LogP) is 3.16. The van der Waals surface area contributed by atoms with Crippen LogP contribution in [-0.2, 0) is 11.2 Å². The van der Waals surface area contributed by atoms with Crippen LogP contribution < -0.4 is 10.1 Å². The Morgan fingerprint density at radius 3 is 2.83 bits per heavy atom. The lowest BCUT2D eigenvalue weighted by Gasteiger charge is -2.17. The smallest absolute Gasteiger partial charge is 0.262 e. The van der Waals surface area contributed by atoms with Gasteiger partial charge in [0.25, 0.3) is 5.91 Å². The summed E-state index contributed by atoms with van der Waals surface area (Å²) in [7, 11) is 0. The number of fused-ring (bicyclic) bond motifs is 1. The highest BCUT2D eigenvalue weighted by molar-refractivity contribution is 6.31. The van der Waals surface area contributed by atoms with E-state index in [9.17, 15) is 14.4 Å². The zero-order valence-electron chi connectivity index (χ0n) is 11.9. The molecule has 2 atom stereocenters. The summed E-state index contributed by atoms with van der Waals surface area (Å²) in [5.74, 6) is -0.475. The summed E-state index contributed by atoms with van der Waals surface area (Å²) < 4.78 is 19.5. The zero-order valence-corrected chi connectivity index (χ0v) is 12.7. The minimum atomic E-state index is -1.18. The van der Waals surface area contributed by atoms with E-state index >= 15 is 0 Å². The van der Waals surface area contributed by atoms with Gasteiger partial charge < -0.3 is 10.1 Å². The number of nitriles is 1. The van der Waals surface area contributed by atoms with Crippen LogP contribution in [0.4, 0.5) is 4.39 Å². The first kappa shape index (κ1) is 15.3. The molecule has 0 radical (unpaired) electrons. The summed E-state index contributed by atoms with van der Waals surface area (Å²) in [5, 5.41) is 11.8. The minimum Gasteiger partial charge on any atom is -0.480 e. The van der Waals surface area contributed by atoms with Crippen molar-refractivity contribution in [2.75, 3.05) is 0 Å². The molecule has 0 spiro atoms. The normalized spacial score (nSPS) is 16.8. The number of para-hydroxylation sites is 1. The second kappa shape index (κ2) is 6.27. The van der Waals surface area contributed by atoms with E-state index in [1.165, 1.54) is 18.2 Å². The number of hydrogen-bond donors (Lipinski definition) is 1. The van der Waals surface area contributed by atoms with Gasteiger partial charge in [-0.3, -0.25) is 4.79 Å². The van der Waals surface area contributed by atoms with Gasteiger partial charge in [0.15, 0.2) is 6.10 Å². The molecule has 1 aliphatic heterocycles. The van der Waals surface area contributed by atoms with Crippen molar-refractivity contribution in [2.24, 2.45) is 0 Å². The van der Waals surface area contributed by atoms with Crippen LogP contribution in [0.5, 0.6) is 5.75 Å². The maximum atomic E-state index is 13.9. The van der Waals surface area contributed by atoms with E-state index in [1.807, 2.05) is 24.3 Å². The Kier molecular flexibility index (Phi) is 4.18. The lowest BCUT2D eigenvalue weighted by Crippen LogP contribution is -2.39. The van der Waals surface area contributed by atoms with Crippen molar-refractivity contribution in [1.29, 1.82) is 5.26 Å². The van der Waals surface area contributed by atoms with Crippen molar-refractivity contribution in [2.45, 2.75) is 18.6 Å². The van der Waals surface area contributed by atoms with Gasteiger partial charge in [-0.1, -0.05) is 35.9 Å². The van der Waals surface area contributed by atoms with Crippen molar-refractivity contribution in [3.05, 3.63) is 64.4 Å². The molecule has 1 aliphatic rings. The van der Waals surface area contributed by atoms with Crippen LogP contribution >= 0.6 is 11.6 Å². The molecule has 0 unspecified atom stereocenters. The topological polar surface area (TPSA) is 62.1 Å². The molecule has 1 heterocycles. The van der Waals surface area contributed by atoms with Gasteiger partial charge >= 0.3 is 0 Å². The highest BCUT2D eigenvalue weighted by Gasteiger charge is 2.31. The van der Waals surface area contributed by atoms with Gasteiger partial charge in [0.05, 0.1) is 6.07 Å². The Bertz CT molecular complexity index is 758. The molecule has 2 aromatic rings. The van der Waals surface area contributed by atoms with E-state index in [0.29, 0.717) is 12.2 Å². The SMILES string of the molecule is N#C[C@H](NC(=O)[C@H]1Cc2ccccc2O1)c1c(F)cccc1Cl. The van der Waals surface area contributed by atoms with E-state index in [-0.39, 0.29) is 10.6 Å². The number of nitrogens with zero attached hydrogens (tertiary/aromatic N) is 1. The highest BCUT2D eigenvalue weighted by Crippen LogP contribution is 2.29. The molecule has 0 fully saturated rings. The van der Waals surface area contributed by atoms with E-state index < -0.39 is 23.9 Å². The van der Waals surface area contributed by atoms with Crippen molar-refractivity contribution < 1.29 is 13.9 Å². The van der Waals surface area contributed by atoms with Crippen LogP contribution in [0, 0.1) is 17.1 Å². The number of amides is 1. The summed E-state index contributed by atoms with van der Waals surface area (Å²) in [6.07, 6.45) is -0.334. The van der Waals surface area contributed by atoms with Gasteiger partial charge in [0.2, 0.25) is 0 Å². The fourth-order valence-corrected chi connectivity index (χ4v) is 2.79. The van der Waals surface area contributed by atoms with Crippen LogP contribution in [0.15, 0.2) is 42.5 Å². The molecule has 1 N–H and O–H groups in total. The molecule has 0 saturated heterocycles. The number of halogens is 2. The first-order valence-electron chi connectivity index (χ1n) is 6.98. The average Bonchev–Trinajstić information content (AvgIpc) is 2.97. The lowest BCUT2D eigenvalue weighted by molar-refractivity contribution is -0.127. The molecule has 6 heteroatoms. The molecule has 0 bridgehead atoms. The van der Waals surface area contributed by atoms with Crippen LogP contribution in [0.25, 0.3) is 0 Å². The zero-order chi connectivity index (χ0) is 16.4. The van der Waals surface area contributed by atoms with E-state index in [4.69, 9.17) is 16.3 Å². The molecule has 23 heavy (non-hydrogen) atoms. The van der Waals surface area contributed by atoms with Crippen molar-refractivity contribution >= 4 is 17.5 Å². The van der Waals surface area contributed by atoms with E-state index in [0.717, 1.165) is 5.56 Å². The first-order chi connectivity index (χ1) is 11.1. The lowest BCUT2D eigenvalue weighted by atomic mass is 10.1. The van der Waals surface area contributed by atoms with Gasteiger partial charge in [0, 0.05) is 17.0 Å². The third kappa shape index (κ3) is 2.99. The molecule has 0 aromatic heterocycles. The third-order valence-electron chi connectivity index (χ3n) is 3.64. The monoisotopic (exact) mass is 330 g/mol. The molecule has 116 valence electrons. The predicted molar refractivity (Wildman–Crippen MR) is 82.5 cm³/mol. The fourth-order valence-electron chi connectivity index (χ4n) is 2.52. The van der Waals surface area contributed by atoms with Gasteiger partial charge in [-0.2, -0.15) is 5.26 Å². The van der Waals surface area contributed by atoms with Crippen molar-refractivity contribution in [3.63, 3.8) is 0 Å². The van der Waals surface area contributed by atoms with Gasteiger partial charge in [-0.05, 0) is 23.8 Å².